The van der Waals surface area contributed by atoms with Crippen molar-refractivity contribution in [2.24, 2.45) is 0 Å². The number of aryl methyl sites for hydroxylation is 1. The number of rotatable bonds is 3. The van der Waals surface area contributed by atoms with Crippen LogP contribution in [0, 0.1) is 6.92 Å². The lowest BCUT2D eigenvalue weighted by atomic mass is 10.3. The third kappa shape index (κ3) is 2.05. The van der Waals surface area contributed by atoms with Crippen LogP contribution < -0.4 is 0 Å². The van der Waals surface area contributed by atoms with Crippen LogP contribution in [0.1, 0.15) is 19.7 Å². The average Bonchev–Trinajstić information content (AvgIpc) is 2.75. The monoisotopic (exact) mass is 224 g/mol. The summed E-state index contributed by atoms with van der Waals surface area (Å²) in [6.45, 7) is 1.89. The van der Waals surface area contributed by atoms with Gasteiger partial charge in [0, 0.05) is 17.8 Å². The van der Waals surface area contributed by atoms with Gasteiger partial charge in [-0.2, -0.15) is 0 Å². The molecule has 0 unspecified atom stereocenters. The highest BCUT2D eigenvalue weighted by molar-refractivity contribution is 7.13. The summed E-state index contributed by atoms with van der Waals surface area (Å²) in [6, 6.07) is 0. The van der Waals surface area contributed by atoms with E-state index in [-0.39, 0.29) is 5.78 Å². The molecule has 0 radical (unpaired) electrons. The third-order valence-corrected chi connectivity index (χ3v) is 3.42. The van der Waals surface area contributed by atoms with Crippen LogP contribution in [-0.4, -0.2) is 15.8 Å². The largest absolute Gasteiger partial charge is 0.293 e. The lowest BCUT2D eigenvalue weighted by Gasteiger charge is -1.91. The standard InChI is InChI=1S/C9H8N2OS2/c1-6-11-5-8(14-6)7(12)4-9-10-2-3-13-9/h2-3,5H,4H2,1H3. The van der Waals surface area contributed by atoms with Gasteiger partial charge in [-0.05, 0) is 6.92 Å². The zero-order valence-electron chi connectivity index (χ0n) is 7.56. The highest BCUT2D eigenvalue weighted by Gasteiger charge is 2.11. The van der Waals surface area contributed by atoms with Crippen molar-refractivity contribution < 1.29 is 4.79 Å². The molecule has 2 aromatic rings. The predicted molar refractivity (Wildman–Crippen MR) is 57.0 cm³/mol. The van der Waals surface area contributed by atoms with E-state index in [0.717, 1.165) is 14.9 Å². The summed E-state index contributed by atoms with van der Waals surface area (Å²) in [7, 11) is 0. The van der Waals surface area contributed by atoms with E-state index in [1.165, 1.54) is 22.7 Å². The fourth-order valence-electron chi connectivity index (χ4n) is 1.06. The van der Waals surface area contributed by atoms with Crippen molar-refractivity contribution in [3.8, 4) is 0 Å². The van der Waals surface area contributed by atoms with E-state index in [4.69, 9.17) is 0 Å². The van der Waals surface area contributed by atoms with E-state index < -0.39 is 0 Å². The SMILES string of the molecule is Cc1ncc(C(=O)Cc2nccs2)s1. The van der Waals surface area contributed by atoms with Gasteiger partial charge in [-0.3, -0.25) is 4.79 Å². The molecule has 0 aliphatic carbocycles. The van der Waals surface area contributed by atoms with Crippen molar-refractivity contribution in [1.82, 2.24) is 9.97 Å². The topological polar surface area (TPSA) is 42.9 Å². The highest BCUT2D eigenvalue weighted by atomic mass is 32.1. The molecule has 2 heterocycles. The minimum absolute atomic E-state index is 0.102. The first kappa shape index (κ1) is 9.48. The van der Waals surface area contributed by atoms with Crippen LogP contribution in [0.2, 0.25) is 0 Å². The molecule has 0 saturated heterocycles. The summed E-state index contributed by atoms with van der Waals surface area (Å²) in [6.07, 6.45) is 3.74. The Balaban J connectivity index is 2.10. The number of ketones is 1. The van der Waals surface area contributed by atoms with Crippen LogP contribution in [0.15, 0.2) is 17.8 Å². The highest BCUT2D eigenvalue weighted by Crippen LogP contribution is 2.15. The second-order valence-electron chi connectivity index (χ2n) is 2.77. The zero-order chi connectivity index (χ0) is 9.97. The molecule has 3 nitrogen and oxygen atoms in total. The third-order valence-electron chi connectivity index (χ3n) is 1.69. The maximum atomic E-state index is 11.7. The lowest BCUT2D eigenvalue weighted by molar-refractivity contribution is 0.0996. The van der Waals surface area contributed by atoms with E-state index in [0.29, 0.717) is 6.42 Å². The lowest BCUT2D eigenvalue weighted by Crippen LogP contribution is -2.00. The fraction of sp³-hybridized carbons (Fsp3) is 0.222. The van der Waals surface area contributed by atoms with Crippen LogP contribution >= 0.6 is 22.7 Å². The first-order valence-electron chi connectivity index (χ1n) is 4.09. The molecule has 5 heteroatoms. The van der Waals surface area contributed by atoms with Gasteiger partial charge in [0.15, 0.2) is 5.78 Å². The van der Waals surface area contributed by atoms with E-state index in [2.05, 4.69) is 9.97 Å². The van der Waals surface area contributed by atoms with Crippen molar-refractivity contribution in [1.29, 1.82) is 0 Å². The summed E-state index contributed by atoms with van der Waals surface area (Å²) in [5.74, 6) is 0.102. The normalized spacial score (nSPS) is 10.4. The molecule has 14 heavy (non-hydrogen) atoms. The molecule has 0 saturated carbocycles. The summed E-state index contributed by atoms with van der Waals surface area (Å²) in [5, 5.41) is 3.66. The number of hydrogen-bond donors (Lipinski definition) is 0. The quantitative estimate of drug-likeness (QED) is 0.751. The minimum atomic E-state index is 0.102. The molecule has 0 spiro atoms. The number of hydrogen-bond acceptors (Lipinski definition) is 5. The van der Waals surface area contributed by atoms with Crippen LogP contribution in [0.25, 0.3) is 0 Å². The average molecular weight is 224 g/mol. The van der Waals surface area contributed by atoms with Crippen molar-refractivity contribution in [3.05, 3.63) is 32.7 Å². The smallest absolute Gasteiger partial charge is 0.181 e. The van der Waals surface area contributed by atoms with Crippen molar-refractivity contribution in [2.45, 2.75) is 13.3 Å². The van der Waals surface area contributed by atoms with Gasteiger partial charge in [0.2, 0.25) is 0 Å². The van der Waals surface area contributed by atoms with Crippen LogP contribution in [0.5, 0.6) is 0 Å². The van der Waals surface area contributed by atoms with E-state index in [1.54, 1.807) is 12.4 Å². The molecule has 0 bridgehead atoms. The van der Waals surface area contributed by atoms with E-state index >= 15 is 0 Å². The maximum absolute atomic E-state index is 11.7. The van der Waals surface area contributed by atoms with Gasteiger partial charge < -0.3 is 0 Å². The Bertz CT molecular complexity index is 433. The second-order valence-corrected chi connectivity index (χ2v) is 4.98. The summed E-state index contributed by atoms with van der Waals surface area (Å²) in [4.78, 5) is 20.5. The molecule has 2 rings (SSSR count). The van der Waals surface area contributed by atoms with Gasteiger partial charge in [-0.15, -0.1) is 22.7 Å². The van der Waals surface area contributed by atoms with Gasteiger partial charge in [0.05, 0.1) is 16.3 Å². The molecule has 0 fully saturated rings. The maximum Gasteiger partial charge on any atom is 0.181 e. The summed E-state index contributed by atoms with van der Waals surface area (Å²) >= 11 is 2.94. The number of aromatic nitrogens is 2. The number of Topliss-reactive ketones (excluding diaryl/α,β-unsaturated/α-hetero) is 1. The predicted octanol–water partition coefficient (Wildman–Crippen LogP) is 2.33. The number of nitrogens with zero attached hydrogens (tertiary/aromatic N) is 2. The van der Waals surface area contributed by atoms with E-state index in [9.17, 15) is 4.79 Å². The zero-order valence-corrected chi connectivity index (χ0v) is 9.19. The first-order valence-corrected chi connectivity index (χ1v) is 5.79. The van der Waals surface area contributed by atoms with Crippen molar-refractivity contribution >= 4 is 28.5 Å². The van der Waals surface area contributed by atoms with Gasteiger partial charge in [-0.1, -0.05) is 0 Å². The molecule has 0 amide bonds. The van der Waals surface area contributed by atoms with Gasteiger partial charge in [0.25, 0.3) is 0 Å². The van der Waals surface area contributed by atoms with Crippen LogP contribution in [0.4, 0.5) is 0 Å². The molecule has 0 aliphatic rings. The Kier molecular flexibility index (Phi) is 2.69. The Morgan fingerprint density at radius 3 is 2.93 bits per heavy atom. The number of carbonyl (C=O) groups is 1. The van der Waals surface area contributed by atoms with Crippen LogP contribution in [-0.2, 0) is 6.42 Å². The Morgan fingerprint density at radius 1 is 1.50 bits per heavy atom. The summed E-state index contributed by atoms with van der Waals surface area (Å²) < 4.78 is 0. The Labute approximate surface area is 89.5 Å². The van der Waals surface area contributed by atoms with Crippen molar-refractivity contribution in [2.75, 3.05) is 0 Å². The van der Waals surface area contributed by atoms with Crippen molar-refractivity contribution in [3.63, 3.8) is 0 Å². The molecular formula is C9H8N2OS2. The molecule has 0 aliphatic heterocycles. The minimum Gasteiger partial charge on any atom is -0.293 e. The molecule has 0 aromatic carbocycles. The Hall–Kier alpha value is -1.07. The second kappa shape index (κ2) is 3.98. The number of carbonyl (C=O) groups excluding carboxylic acids is 1. The molecular weight excluding hydrogens is 216 g/mol. The van der Waals surface area contributed by atoms with E-state index in [1.807, 2.05) is 12.3 Å². The Morgan fingerprint density at radius 2 is 2.36 bits per heavy atom. The van der Waals surface area contributed by atoms with Gasteiger partial charge >= 0.3 is 0 Å². The van der Waals surface area contributed by atoms with Crippen LogP contribution in [0.3, 0.4) is 0 Å². The molecule has 0 atom stereocenters. The summed E-state index contributed by atoms with van der Waals surface area (Å²) in [5.41, 5.74) is 0. The number of thiazole rings is 2. The molecule has 0 N–H and O–H groups in total. The fourth-order valence-corrected chi connectivity index (χ4v) is 2.39. The van der Waals surface area contributed by atoms with Gasteiger partial charge in [0.1, 0.15) is 5.01 Å². The van der Waals surface area contributed by atoms with Gasteiger partial charge in [-0.25, -0.2) is 9.97 Å². The molecule has 72 valence electrons. The first-order chi connectivity index (χ1) is 6.75. The molecule has 2 aromatic heterocycles.